The van der Waals surface area contributed by atoms with Crippen LogP contribution in [0, 0.1) is 13.8 Å². The molecule has 1 heterocycles. The number of carbonyl (C=O) groups is 1. The van der Waals surface area contributed by atoms with Gasteiger partial charge in [0.25, 0.3) is 0 Å². The van der Waals surface area contributed by atoms with Crippen molar-refractivity contribution >= 4 is 27.5 Å². The van der Waals surface area contributed by atoms with Crippen molar-refractivity contribution in [3.8, 4) is 5.75 Å². The maximum atomic E-state index is 12.0. The summed E-state index contributed by atoms with van der Waals surface area (Å²) in [5.74, 6) is 0.765. The van der Waals surface area contributed by atoms with Crippen LogP contribution in [0.4, 0.5) is 5.69 Å². The van der Waals surface area contributed by atoms with E-state index in [-0.39, 0.29) is 5.91 Å². The van der Waals surface area contributed by atoms with E-state index in [1.54, 1.807) is 0 Å². The molecule has 0 aliphatic carbocycles. The first kappa shape index (κ1) is 16.5. The lowest BCUT2D eigenvalue weighted by Crippen LogP contribution is -2.15. The Balaban J connectivity index is 1.88. The minimum absolute atomic E-state index is 0.0344. The van der Waals surface area contributed by atoms with Crippen molar-refractivity contribution in [3.63, 3.8) is 0 Å². The van der Waals surface area contributed by atoms with E-state index < -0.39 is 0 Å². The average molecular weight is 366 g/mol. The van der Waals surface area contributed by atoms with E-state index in [0.29, 0.717) is 19.6 Å². The Kier molecular flexibility index (Phi) is 5.60. The number of ether oxygens (including phenoxy) is 1. The van der Waals surface area contributed by atoms with Crippen LogP contribution in [-0.2, 0) is 11.3 Å². The molecule has 118 valence electrons. The van der Waals surface area contributed by atoms with Crippen molar-refractivity contribution in [3.05, 3.63) is 40.1 Å². The topological polar surface area (TPSA) is 56.1 Å². The van der Waals surface area contributed by atoms with Gasteiger partial charge in [0, 0.05) is 17.8 Å². The first-order valence-electron chi connectivity index (χ1n) is 7.23. The molecule has 6 heteroatoms. The highest BCUT2D eigenvalue weighted by molar-refractivity contribution is 9.10. The molecule has 5 nitrogen and oxygen atoms in total. The molecule has 1 N–H and O–H groups in total. The highest BCUT2D eigenvalue weighted by Gasteiger charge is 2.10. The quantitative estimate of drug-likeness (QED) is 0.848. The van der Waals surface area contributed by atoms with E-state index >= 15 is 0 Å². The molecular weight excluding hydrogens is 346 g/mol. The van der Waals surface area contributed by atoms with Crippen LogP contribution in [0.25, 0.3) is 0 Å². The fraction of sp³-hybridized carbons (Fsp3) is 0.375. The predicted octanol–water partition coefficient (Wildman–Crippen LogP) is 3.69. The number of nitrogens with zero attached hydrogens (tertiary/aromatic N) is 2. The van der Waals surface area contributed by atoms with Crippen molar-refractivity contribution in [1.29, 1.82) is 0 Å². The fourth-order valence-corrected chi connectivity index (χ4v) is 2.41. The average Bonchev–Trinajstić information content (AvgIpc) is 2.75. The van der Waals surface area contributed by atoms with Crippen molar-refractivity contribution in [2.24, 2.45) is 0 Å². The summed E-state index contributed by atoms with van der Waals surface area (Å²) in [5, 5.41) is 7.27. The van der Waals surface area contributed by atoms with E-state index in [4.69, 9.17) is 4.74 Å². The van der Waals surface area contributed by atoms with Gasteiger partial charge in [0.2, 0.25) is 5.91 Å². The maximum absolute atomic E-state index is 12.0. The third-order valence-electron chi connectivity index (χ3n) is 3.29. The molecule has 0 radical (unpaired) electrons. The SMILES string of the molecule is CCOc1ccc(NC(=O)CCn2nc(C)c(Br)c2C)cc1. The van der Waals surface area contributed by atoms with E-state index in [2.05, 4.69) is 26.3 Å². The van der Waals surface area contributed by atoms with Crippen LogP contribution in [0.1, 0.15) is 24.7 Å². The zero-order valence-corrected chi connectivity index (χ0v) is 14.6. The van der Waals surface area contributed by atoms with E-state index in [9.17, 15) is 4.79 Å². The smallest absolute Gasteiger partial charge is 0.226 e. The first-order chi connectivity index (χ1) is 10.5. The van der Waals surface area contributed by atoms with Crippen LogP contribution < -0.4 is 10.1 Å². The van der Waals surface area contributed by atoms with Crippen LogP contribution in [0.15, 0.2) is 28.7 Å². The summed E-state index contributed by atoms with van der Waals surface area (Å²) in [4.78, 5) is 12.0. The Morgan fingerprint density at radius 1 is 1.32 bits per heavy atom. The van der Waals surface area contributed by atoms with Crippen LogP contribution in [0.2, 0.25) is 0 Å². The van der Waals surface area contributed by atoms with Crippen molar-refractivity contribution < 1.29 is 9.53 Å². The van der Waals surface area contributed by atoms with Gasteiger partial charge < -0.3 is 10.1 Å². The van der Waals surface area contributed by atoms with Gasteiger partial charge in [0.1, 0.15) is 5.75 Å². The summed E-state index contributed by atoms with van der Waals surface area (Å²) >= 11 is 3.48. The lowest BCUT2D eigenvalue weighted by atomic mass is 10.3. The standard InChI is InChI=1S/C16H20BrN3O2/c1-4-22-14-7-5-13(6-8-14)18-15(21)9-10-20-12(3)16(17)11(2)19-20/h5-8H,4,9-10H2,1-3H3,(H,18,21). The molecule has 0 unspecified atom stereocenters. The highest BCUT2D eigenvalue weighted by atomic mass is 79.9. The molecule has 1 aromatic heterocycles. The highest BCUT2D eigenvalue weighted by Crippen LogP contribution is 2.20. The zero-order valence-electron chi connectivity index (χ0n) is 13.0. The van der Waals surface area contributed by atoms with Gasteiger partial charge in [-0.15, -0.1) is 0 Å². The third-order valence-corrected chi connectivity index (χ3v) is 4.44. The van der Waals surface area contributed by atoms with Crippen molar-refractivity contribution in [2.75, 3.05) is 11.9 Å². The third kappa shape index (κ3) is 4.10. The molecule has 1 amide bonds. The number of aryl methyl sites for hydroxylation is 2. The van der Waals surface area contributed by atoms with Crippen molar-refractivity contribution in [1.82, 2.24) is 9.78 Å². The number of aromatic nitrogens is 2. The Hall–Kier alpha value is -1.82. The van der Waals surface area contributed by atoms with Gasteiger partial charge in [-0.25, -0.2) is 0 Å². The number of anilines is 1. The molecule has 2 aromatic rings. The maximum Gasteiger partial charge on any atom is 0.226 e. The number of hydrogen-bond acceptors (Lipinski definition) is 3. The minimum Gasteiger partial charge on any atom is -0.494 e. The van der Waals surface area contributed by atoms with E-state index in [1.807, 2.05) is 49.7 Å². The summed E-state index contributed by atoms with van der Waals surface area (Å²) in [5.41, 5.74) is 2.73. The first-order valence-corrected chi connectivity index (χ1v) is 8.02. The molecule has 0 atom stereocenters. The molecule has 22 heavy (non-hydrogen) atoms. The summed E-state index contributed by atoms with van der Waals surface area (Å²) < 4.78 is 8.21. The zero-order chi connectivity index (χ0) is 16.1. The molecule has 0 aliphatic heterocycles. The van der Waals surface area contributed by atoms with Gasteiger partial charge in [0.15, 0.2) is 0 Å². The second kappa shape index (κ2) is 7.45. The van der Waals surface area contributed by atoms with Crippen LogP contribution in [-0.4, -0.2) is 22.3 Å². The Bertz CT molecular complexity index is 650. The molecular formula is C16H20BrN3O2. The second-order valence-corrected chi connectivity index (χ2v) is 5.76. The molecule has 0 saturated carbocycles. The van der Waals surface area contributed by atoms with Crippen LogP contribution in [0.3, 0.4) is 0 Å². The summed E-state index contributed by atoms with van der Waals surface area (Å²) in [6.45, 7) is 7.04. The molecule has 2 rings (SSSR count). The number of halogens is 1. The molecule has 1 aromatic carbocycles. The fourth-order valence-electron chi connectivity index (χ4n) is 2.12. The molecule has 0 bridgehead atoms. The van der Waals surface area contributed by atoms with Gasteiger partial charge in [-0.1, -0.05) is 0 Å². The largest absolute Gasteiger partial charge is 0.494 e. The van der Waals surface area contributed by atoms with Gasteiger partial charge in [-0.2, -0.15) is 5.10 Å². The van der Waals surface area contributed by atoms with Gasteiger partial charge in [0.05, 0.1) is 23.3 Å². The minimum atomic E-state index is -0.0344. The molecule has 0 fully saturated rings. The lowest BCUT2D eigenvalue weighted by Gasteiger charge is -2.08. The number of amides is 1. The van der Waals surface area contributed by atoms with Gasteiger partial charge in [-0.05, 0) is 61.0 Å². The number of hydrogen-bond donors (Lipinski definition) is 1. The van der Waals surface area contributed by atoms with E-state index in [1.165, 1.54) is 0 Å². The van der Waals surface area contributed by atoms with Gasteiger partial charge in [-0.3, -0.25) is 9.48 Å². The summed E-state index contributed by atoms with van der Waals surface area (Å²) in [7, 11) is 0. The Morgan fingerprint density at radius 2 is 2.00 bits per heavy atom. The molecule has 0 aliphatic rings. The Labute approximate surface area is 138 Å². The van der Waals surface area contributed by atoms with E-state index in [0.717, 1.165) is 27.3 Å². The molecule has 0 saturated heterocycles. The normalized spacial score (nSPS) is 10.5. The number of nitrogens with one attached hydrogen (secondary N) is 1. The van der Waals surface area contributed by atoms with Gasteiger partial charge >= 0.3 is 0 Å². The van der Waals surface area contributed by atoms with Crippen LogP contribution in [0.5, 0.6) is 5.75 Å². The predicted molar refractivity (Wildman–Crippen MR) is 90.3 cm³/mol. The van der Waals surface area contributed by atoms with Crippen LogP contribution >= 0.6 is 15.9 Å². The molecule has 0 spiro atoms. The summed E-state index contributed by atoms with van der Waals surface area (Å²) in [6.07, 6.45) is 0.377. The summed E-state index contributed by atoms with van der Waals surface area (Å²) in [6, 6.07) is 7.36. The second-order valence-electron chi connectivity index (χ2n) is 4.96. The lowest BCUT2D eigenvalue weighted by molar-refractivity contribution is -0.116. The number of rotatable bonds is 6. The van der Waals surface area contributed by atoms with Crippen molar-refractivity contribution in [2.45, 2.75) is 33.7 Å². The number of benzene rings is 1. The Morgan fingerprint density at radius 3 is 2.55 bits per heavy atom. The number of carbonyl (C=O) groups excluding carboxylic acids is 1. The monoisotopic (exact) mass is 365 g/mol.